The van der Waals surface area contributed by atoms with Gasteiger partial charge in [-0.2, -0.15) is 10.1 Å². The van der Waals surface area contributed by atoms with Crippen LogP contribution >= 0.6 is 34.2 Å². The van der Waals surface area contributed by atoms with Gasteiger partial charge in [0.2, 0.25) is 0 Å². The Morgan fingerprint density at radius 3 is 2.65 bits per heavy atom. The molecule has 0 saturated carbocycles. The van der Waals surface area contributed by atoms with E-state index in [1.54, 1.807) is 49.4 Å². The molecular formula is C19H16ClIN2O3. The highest BCUT2D eigenvalue weighted by Crippen LogP contribution is 2.34. The SMILES string of the molecule is CCOc1cc(/C=C2\C(=O)N(c3ccc(Cl)cc3)N=C2C)cc(I)c1O. The molecule has 0 unspecified atom stereocenters. The van der Waals surface area contributed by atoms with Gasteiger partial charge in [0.15, 0.2) is 11.5 Å². The number of carbonyl (C=O) groups excluding carboxylic acids is 1. The molecule has 2 aromatic carbocycles. The van der Waals surface area contributed by atoms with Crippen LogP contribution < -0.4 is 9.75 Å². The van der Waals surface area contributed by atoms with Gasteiger partial charge in [-0.1, -0.05) is 11.6 Å². The molecule has 0 aromatic heterocycles. The maximum absolute atomic E-state index is 12.8. The van der Waals surface area contributed by atoms with Crippen LogP contribution in [-0.4, -0.2) is 23.3 Å². The summed E-state index contributed by atoms with van der Waals surface area (Å²) in [7, 11) is 0. The summed E-state index contributed by atoms with van der Waals surface area (Å²) in [5, 5.41) is 16.4. The molecule has 1 aliphatic heterocycles. The summed E-state index contributed by atoms with van der Waals surface area (Å²) in [6, 6.07) is 10.4. The molecule has 7 heteroatoms. The molecule has 1 heterocycles. The first-order chi connectivity index (χ1) is 12.4. The largest absolute Gasteiger partial charge is 0.504 e. The van der Waals surface area contributed by atoms with Gasteiger partial charge in [0.25, 0.3) is 5.91 Å². The summed E-state index contributed by atoms with van der Waals surface area (Å²) in [6.07, 6.45) is 1.75. The van der Waals surface area contributed by atoms with Crippen LogP contribution in [0.5, 0.6) is 11.5 Å². The fourth-order valence-corrected chi connectivity index (χ4v) is 3.30. The second-order valence-electron chi connectivity index (χ2n) is 5.62. The summed E-state index contributed by atoms with van der Waals surface area (Å²) in [5.74, 6) is 0.271. The van der Waals surface area contributed by atoms with Gasteiger partial charge in [0.1, 0.15) is 0 Å². The number of benzene rings is 2. The lowest BCUT2D eigenvalue weighted by Gasteiger charge is -2.12. The van der Waals surface area contributed by atoms with E-state index in [9.17, 15) is 9.90 Å². The van der Waals surface area contributed by atoms with Crippen LogP contribution in [0.3, 0.4) is 0 Å². The van der Waals surface area contributed by atoms with E-state index < -0.39 is 0 Å². The van der Waals surface area contributed by atoms with Crippen LogP contribution in [0.1, 0.15) is 19.4 Å². The third-order valence-corrected chi connectivity index (χ3v) is 4.87. The van der Waals surface area contributed by atoms with Crippen molar-refractivity contribution in [1.82, 2.24) is 0 Å². The van der Waals surface area contributed by atoms with Crippen LogP contribution in [-0.2, 0) is 4.79 Å². The number of phenolic OH excluding ortho intramolecular Hbond substituents is 1. The molecule has 1 N–H and O–H groups in total. The first-order valence-corrected chi connectivity index (χ1v) is 9.39. The Kier molecular flexibility index (Phi) is 5.52. The van der Waals surface area contributed by atoms with Crippen molar-refractivity contribution in [3.05, 3.63) is 56.1 Å². The Morgan fingerprint density at radius 1 is 1.31 bits per heavy atom. The number of phenols is 1. The van der Waals surface area contributed by atoms with Crippen molar-refractivity contribution in [3.8, 4) is 11.5 Å². The fraction of sp³-hybridized carbons (Fsp3) is 0.158. The van der Waals surface area contributed by atoms with Gasteiger partial charge in [0.05, 0.1) is 27.1 Å². The maximum atomic E-state index is 12.8. The van der Waals surface area contributed by atoms with Gasteiger partial charge in [-0.3, -0.25) is 4.79 Å². The minimum Gasteiger partial charge on any atom is -0.504 e. The molecule has 1 amide bonds. The molecule has 3 rings (SSSR count). The quantitative estimate of drug-likeness (QED) is 0.500. The Labute approximate surface area is 170 Å². The maximum Gasteiger partial charge on any atom is 0.280 e. The molecule has 0 radical (unpaired) electrons. The highest BCUT2D eigenvalue weighted by molar-refractivity contribution is 14.1. The minimum absolute atomic E-state index is 0.0977. The average Bonchev–Trinajstić information content (AvgIpc) is 2.88. The van der Waals surface area contributed by atoms with E-state index in [1.165, 1.54) is 5.01 Å². The smallest absolute Gasteiger partial charge is 0.280 e. The molecule has 0 fully saturated rings. The number of nitrogens with zero attached hydrogens (tertiary/aromatic N) is 2. The lowest BCUT2D eigenvalue weighted by Crippen LogP contribution is -2.21. The Hall–Kier alpha value is -2.06. The van der Waals surface area contributed by atoms with E-state index in [0.29, 0.717) is 37.9 Å². The Morgan fingerprint density at radius 2 is 2.00 bits per heavy atom. The molecule has 1 aliphatic rings. The monoisotopic (exact) mass is 482 g/mol. The average molecular weight is 483 g/mol. The van der Waals surface area contributed by atoms with Crippen LogP contribution in [0.15, 0.2) is 47.1 Å². The second kappa shape index (κ2) is 7.67. The van der Waals surface area contributed by atoms with Crippen LogP contribution in [0, 0.1) is 3.57 Å². The third-order valence-electron chi connectivity index (χ3n) is 3.80. The molecule has 2 aromatic rings. The van der Waals surface area contributed by atoms with Crippen LogP contribution in [0.4, 0.5) is 5.69 Å². The van der Waals surface area contributed by atoms with E-state index in [0.717, 1.165) is 5.56 Å². The molecular weight excluding hydrogens is 467 g/mol. The van der Waals surface area contributed by atoms with E-state index in [1.807, 2.05) is 29.5 Å². The molecule has 0 atom stereocenters. The number of rotatable bonds is 4. The number of aromatic hydroxyl groups is 1. The molecule has 0 spiro atoms. The first-order valence-electron chi connectivity index (χ1n) is 7.93. The van der Waals surface area contributed by atoms with E-state index in [2.05, 4.69) is 5.10 Å². The number of ether oxygens (including phenoxy) is 1. The zero-order valence-corrected chi connectivity index (χ0v) is 17.1. The minimum atomic E-state index is -0.217. The number of amides is 1. The number of hydrogen-bond acceptors (Lipinski definition) is 4. The fourth-order valence-electron chi connectivity index (χ4n) is 2.55. The summed E-state index contributed by atoms with van der Waals surface area (Å²) < 4.78 is 6.10. The van der Waals surface area contributed by atoms with Crippen molar-refractivity contribution in [2.45, 2.75) is 13.8 Å². The standard InChI is InChI=1S/C19H16ClIN2O3/c1-3-26-17-10-12(9-16(21)18(17)24)8-15-11(2)22-23(19(15)25)14-6-4-13(20)5-7-14/h4-10,24H,3H2,1-2H3/b15-8-. The van der Waals surface area contributed by atoms with Crippen molar-refractivity contribution < 1.29 is 14.6 Å². The van der Waals surface area contributed by atoms with Gasteiger partial charge < -0.3 is 9.84 Å². The van der Waals surface area contributed by atoms with Gasteiger partial charge in [-0.15, -0.1) is 0 Å². The van der Waals surface area contributed by atoms with Gasteiger partial charge in [0, 0.05) is 5.02 Å². The predicted molar refractivity (Wildman–Crippen MR) is 112 cm³/mol. The van der Waals surface area contributed by atoms with Crippen molar-refractivity contribution in [3.63, 3.8) is 0 Å². The lowest BCUT2D eigenvalue weighted by molar-refractivity contribution is -0.114. The van der Waals surface area contributed by atoms with Gasteiger partial charge in [-0.25, -0.2) is 0 Å². The first kappa shape index (κ1) is 18.7. The van der Waals surface area contributed by atoms with Crippen molar-refractivity contribution in [2.75, 3.05) is 11.6 Å². The zero-order chi connectivity index (χ0) is 18.8. The van der Waals surface area contributed by atoms with Crippen molar-refractivity contribution >= 4 is 57.6 Å². The molecule has 0 bridgehead atoms. The number of hydrazone groups is 1. The Balaban J connectivity index is 1.96. The van der Waals surface area contributed by atoms with Crippen molar-refractivity contribution in [1.29, 1.82) is 0 Å². The summed E-state index contributed by atoms with van der Waals surface area (Å²) in [6.45, 7) is 4.07. The lowest BCUT2D eigenvalue weighted by atomic mass is 10.1. The normalized spacial score (nSPS) is 15.5. The van der Waals surface area contributed by atoms with Crippen LogP contribution in [0.25, 0.3) is 6.08 Å². The summed E-state index contributed by atoms with van der Waals surface area (Å²) in [4.78, 5) is 12.8. The van der Waals surface area contributed by atoms with E-state index in [-0.39, 0.29) is 11.7 Å². The summed E-state index contributed by atoms with van der Waals surface area (Å²) >= 11 is 7.94. The third kappa shape index (κ3) is 3.71. The molecule has 26 heavy (non-hydrogen) atoms. The Bertz CT molecular complexity index is 923. The van der Waals surface area contributed by atoms with Crippen LogP contribution in [0.2, 0.25) is 5.02 Å². The highest BCUT2D eigenvalue weighted by atomic mass is 127. The number of halogens is 2. The van der Waals surface area contributed by atoms with Gasteiger partial charge in [-0.05, 0) is 84.5 Å². The summed E-state index contributed by atoms with van der Waals surface area (Å²) in [5.41, 5.74) is 2.51. The number of carbonyl (C=O) groups is 1. The van der Waals surface area contributed by atoms with Gasteiger partial charge >= 0.3 is 0 Å². The molecule has 134 valence electrons. The van der Waals surface area contributed by atoms with E-state index in [4.69, 9.17) is 16.3 Å². The second-order valence-corrected chi connectivity index (χ2v) is 7.22. The molecule has 5 nitrogen and oxygen atoms in total. The van der Waals surface area contributed by atoms with E-state index >= 15 is 0 Å². The zero-order valence-electron chi connectivity index (χ0n) is 14.2. The highest BCUT2D eigenvalue weighted by Gasteiger charge is 2.28. The molecule has 0 saturated heterocycles. The number of anilines is 1. The topological polar surface area (TPSA) is 62.1 Å². The van der Waals surface area contributed by atoms with Crippen molar-refractivity contribution in [2.24, 2.45) is 5.10 Å². The molecule has 0 aliphatic carbocycles. The number of hydrogen-bond donors (Lipinski definition) is 1. The predicted octanol–water partition coefficient (Wildman–Crippen LogP) is 4.86.